The van der Waals surface area contributed by atoms with Crippen LogP contribution in [0.5, 0.6) is 0 Å². The minimum Gasteiger partial charge on any atom is -0.478 e. The molecule has 0 aliphatic heterocycles. The normalized spacial score (nSPS) is 12.4. The molecule has 186 valence electrons. The van der Waals surface area contributed by atoms with Gasteiger partial charge in [0.15, 0.2) is 0 Å². The van der Waals surface area contributed by atoms with Crippen molar-refractivity contribution in [3.05, 3.63) is 89.0 Å². The average Bonchev–Trinajstić information content (AvgIpc) is 3.26. The Morgan fingerprint density at radius 1 is 1.11 bits per heavy atom. The van der Waals surface area contributed by atoms with E-state index in [-0.39, 0.29) is 18.1 Å². The number of hydrogen-bond donors (Lipinski definition) is 3. The molecule has 2 aromatic carbocycles. The molecule has 0 spiro atoms. The van der Waals surface area contributed by atoms with Gasteiger partial charge in [0.1, 0.15) is 5.69 Å². The summed E-state index contributed by atoms with van der Waals surface area (Å²) in [6.45, 7) is 3.65. The molecule has 0 radical (unpaired) electrons. The Bertz CT molecular complexity index is 1420. The molecule has 0 fully saturated rings. The number of aliphatic hydroxyl groups is 1. The highest BCUT2D eigenvalue weighted by molar-refractivity contribution is 5.89. The van der Waals surface area contributed by atoms with Gasteiger partial charge >= 0.3 is 12.1 Å². The molecule has 4 aromatic rings. The Morgan fingerprint density at radius 2 is 1.89 bits per heavy atom. The number of aromatic nitrogens is 4. The average molecular weight is 497 g/mol. The number of aromatic carboxylic acids is 1. The predicted octanol–water partition coefficient (Wildman–Crippen LogP) is 5.15. The van der Waals surface area contributed by atoms with Gasteiger partial charge in [-0.05, 0) is 60.4 Å². The zero-order chi connectivity index (χ0) is 26.0. The van der Waals surface area contributed by atoms with E-state index < -0.39 is 23.9 Å². The molecule has 36 heavy (non-hydrogen) atoms. The third-order valence-corrected chi connectivity index (χ3v) is 5.47. The number of halogens is 3. The zero-order valence-corrected chi connectivity index (χ0v) is 19.3. The Labute approximate surface area is 204 Å². The first-order valence-electron chi connectivity index (χ1n) is 10.8. The Morgan fingerprint density at radius 3 is 2.58 bits per heavy atom. The van der Waals surface area contributed by atoms with Crippen molar-refractivity contribution in [1.29, 1.82) is 0 Å². The summed E-state index contributed by atoms with van der Waals surface area (Å²) in [5, 5.41) is 26.9. The molecule has 1 unspecified atom stereocenters. The van der Waals surface area contributed by atoms with Crippen molar-refractivity contribution in [2.24, 2.45) is 0 Å². The van der Waals surface area contributed by atoms with Crippen LogP contribution in [0.1, 0.15) is 38.8 Å². The third-order valence-electron chi connectivity index (χ3n) is 5.47. The quantitative estimate of drug-likeness (QED) is 0.324. The summed E-state index contributed by atoms with van der Waals surface area (Å²) < 4.78 is 40.4. The number of nitrogens with one attached hydrogen (secondary N) is 1. The largest absolute Gasteiger partial charge is 0.478 e. The molecule has 11 heteroatoms. The fourth-order valence-electron chi connectivity index (χ4n) is 3.76. The lowest BCUT2D eigenvalue weighted by molar-refractivity contribution is -0.141. The van der Waals surface area contributed by atoms with E-state index >= 15 is 0 Å². The second-order valence-electron chi connectivity index (χ2n) is 8.32. The van der Waals surface area contributed by atoms with Gasteiger partial charge in [-0.2, -0.15) is 18.3 Å². The highest BCUT2D eigenvalue weighted by Crippen LogP contribution is 2.29. The number of aliphatic hydroxyl groups excluding tert-OH is 1. The number of benzene rings is 2. The van der Waals surface area contributed by atoms with E-state index in [4.69, 9.17) is 0 Å². The van der Waals surface area contributed by atoms with Crippen LogP contribution in [0.25, 0.3) is 11.1 Å². The second kappa shape index (κ2) is 9.78. The van der Waals surface area contributed by atoms with Crippen molar-refractivity contribution in [1.82, 2.24) is 19.7 Å². The van der Waals surface area contributed by atoms with Crippen LogP contribution >= 0.6 is 0 Å². The number of rotatable bonds is 7. The summed E-state index contributed by atoms with van der Waals surface area (Å²) in [5.74, 6) is -1.21. The van der Waals surface area contributed by atoms with Crippen LogP contribution in [0.3, 0.4) is 0 Å². The topological polar surface area (TPSA) is 113 Å². The van der Waals surface area contributed by atoms with Gasteiger partial charge in [0.05, 0.1) is 24.4 Å². The van der Waals surface area contributed by atoms with Gasteiger partial charge in [0, 0.05) is 23.6 Å². The summed E-state index contributed by atoms with van der Waals surface area (Å²) >= 11 is 0. The molecule has 4 rings (SSSR count). The Hall–Kier alpha value is -4.25. The van der Waals surface area contributed by atoms with Crippen molar-refractivity contribution in [2.75, 3.05) is 5.32 Å². The maximum absolute atomic E-state index is 13.0. The second-order valence-corrected chi connectivity index (χ2v) is 8.32. The fraction of sp³-hybridized carbons (Fsp3) is 0.200. The number of alkyl halides is 3. The van der Waals surface area contributed by atoms with Crippen LogP contribution in [0, 0.1) is 13.8 Å². The molecule has 2 aromatic heterocycles. The van der Waals surface area contributed by atoms with Gasteiger partial charge in [0.2, 0.25) is 5.95 Å². The number of carboxylic acids is 1. The molecule has 3 N–H and O–H groups in total. The lowest BCUT2D eigenvalue weighted by atomic mass is 10.0. The zero-order valence-electron chi connectivity index (χ0n) is 19.3. The van der Waals surface area contributed by atoms with E-state index in [9.17, 15) is 28.2 Å². The predicted molar refractivity (Wildman–Crippen MR) is 126 cm³/mol. The van der Waals surface area contributed by atoms with Gasteiger partial charge in [-0.3, -0.25) is 4.68 Å². The first-order chi connectivity index (χ1) is 17.0. The Balaban J connectivity index is 1.52. The van der Waals surface area contributed by atoms with Crippen LogP contribution in [0.2, 0.25) is 0 Å². The van der Waals surface area contributed by atoms with E-state index in [2.05, 4.69) is 20.4 Å². The minimum atomic E-state index is -4.58. The van der Waals surface area contributed by atoms with Gasteiger partial charge in [0.25, 0.3) is 0 Å². The van der Waals surface area contributed by atoms with Crippen molar-refractivity contribution in [2.45, 2.75) is 32.7 Å². The number of hydrogen-bond acceptors (Lipinski definition) is 6. The van der Waals surface area contributed by atoms with Crippen molar-refractivity contribution in [3.63, 3.8) is 0 Å². The molecule has 0 bridgehead atoms. The van der Waals surface area contributed by atoms with E-state index in [1.54, 1.807) is 48.3 Å². The van der Waals surface area contributed by atoms with Gasteiger partial charge in [-0.15, -0.1) is 0 Å². The molecule has 0 saturated carbocycles. The number of anilines is 2. The maximum Gasteiger partial charge on any atom is 0.433 e. The van der Waals surface area contributed by atoms with Crippen LogP contribution in [0.4, 0.5) is 24.8 Å². The Kier molecular flexibility index (Phi) is 6.75. The molecule has 0 amide bonds. The first-order valence-corrected chi connectivity index (χ1v) is 10.8. The van der Waals surface area contributed by atoms with E-state index in [1.165, 1.54) is 6.07 Å². The number of carboxylic acid groups (broad SMARTS) is 1. The maximum atomic E-state index is 13.0. The summed E-state index contributed by atoms with van der Waals surface area (Å²) in [4.78, 5) is 18.6. The standard InChI is InChI=1S/C25H22F3N5O3/c1-14-7-17(10-19(8-14)31-24-29-6-5-22(32-24)25(26,27)28)18-11-30-33(12-18)13-21(34)16-3-4-20(23(35)36)15(2)9-16/h3-12,21,34H,13H2,1-2H3,(H,35,36)(H,29,31,32). The molecule has 2 heterocycles. The first kappa shape index (κ1) is 24.9. The molecular weight excluding hydrogens is 475 g/mol. The summed E-state index contributed by atoms with van der Waals surface area (Å²) in [7, 11) is 0. The fourth-order valence-corrected chi connectivity index (χ4v) is 3.76. The van der Waals surface area contributed by atoms with Crippen molar-refractivity contribution in [3.8, 4) is 11.1 Å². The molecule has 8 nitrogen and oxygen atoms in total. The minimum absolute atomic E-state index is 0.140. The SMILES string of the molecule is Cc1cc(Nc2nccc(C(F)(F)F)n2)cc(-c2cnn(CC(O)c3ccc(C(=O)O)c(C)c3)c2)c1. The van der Waals surface area contributed by atoms with Crippen LogP contribution in [0.15, 0.2) is 61.1 Å². The van der Waals surface area contributed by atoms with E-state index in [0.717, 1.165) is 29.0 Å². The summed E-state index contributed by atoms with van der Waals surface area (Å²) in [6.07, 6.45) is -1.09. The highest BCUT2D eigenvalue weighted by Gasteiger charge is 2.32. The number of carbonyl (C=O) groups is 1. The van der Waals surface area contributed by atoms with E-state index in [1.807, 2.05) is 13.0 Å². The lowest BCUT2D eigenvalue weighted by Gasteiger charge is -2.13. The number of aryl methyl sites for hydroxylation is 2. The lowest BCUT2D eigenvalue weighted by Crippen LogP contribution is -2.10. The van der Waals surface area contributed by atoms with Crippen LogP contribution in [-0.2, 0) is 12.7 Å². The van der Waals surface area contributed by atoms with Gasteiger partial charge in [-0.25, -0.2) is 14.8 Å². The third kappa shape index (κ3) is 5.69. The summed E-state index contributed by atoms with van der Waals surface area (Å²) in [5.41, 5.74) is 3.09. The van der Waals surface area contributed by atoms with E-state index in [0.29, 0.717) is 16.8 Å². The molecule has 1 atom stereocenters. The summed E-state index contributed by atoms with van der Waals surface area (Å²) in [6, 6.07) is 10.8. The van der Waals surface area contributed by atoms with Crippen LogP contribution < -0.4 is 5.32 Å². The number of nitrogens with zero attached hydrogens (tertiary/aromatic N) is 4. The molecule has 0 aliphatic carbocycles. The van der Waals surface area contributed by atoms with Crippen LogP contribution in [-0.4, -0.2) is 35.9 Å². The molecule has 0 aliphatic rings. The monoisotopic (exact) mass is 497 g/mol. The van der Waals surface area contributed by atoms with Gasteiger partial charge in [-0.1, -0.05) is 18.2 Å². The smallest absolute Gasteiger partial charge is 0.433 e. The van der Waals surface area contributed by atoms with Gasteiger partial charge < -0.3 is 15.5 Å². The molecule has 0 saturated heterocycles. The van der Waals surface area contributed by atoms with Crippen molar-refractivity contribution < 1.29 is 28.2 Å². The molecular formula is C25H22F3N5O3. The highest BCUT2D eigenvalue weighted by atomic mass is 19.4. The van der Waals surface area contributed by atoms with Crippen molar-refractivity contribution >= 4 is 17.6 Å².